The molecule has 0 aromatic heterocycles. The van der Waals surface area contributed by atoms with Crippen LogP contribution in [0.15, 0.2) is 78.9 Å². The Morgan fingerprint density at radius 1 is 0.842 bits per heavy atom. The second-order valence-corrected chi connectivity index (χ2v) is 4.99. The first-order chi connectivity index (χ1) is 9.40. The van der Waals surface area contributed by atoms with Gasteiger partial charge in [0, 0.05) is 0 Å². The average Bonchev–Trinajstić information content (AvgIpc) is 3.24. The Hall–Kier alpha value is -2.12. The third-order valence-corrected chi connectivity index (χ3v) is 3.86. The predicted molar refractivity (Wildman–Crippen MR) is 76.7 cm³/mol. The Kier molecular flexibility index (Phi) is 2.23. The predicted octanol–water partition coefficient (Wildman–Crippen LogP) is 4.07. The van der Waals surface area contributed by atoms with E-state index < -0.39 is 0 Å². The minimum atomic E-state index is -0.235. The van der Waals surface area contributed by atoms with E-state index >= 15 is 0 Å². The molecule has 1 saturated heterocycles. The molecule has 2 aromatic carbocycles. The van der Waals surface area contributed by atoms with E-state index in [1.54, 1.807) is 0 Å². The van der Waals surface area contributed by atoms with Crippen LogP contribution in [0.3, 0.4) is 0 Å². The molecule has 0 saturated carbocycles. The second-order valence-electron chi connectivity index (χ2n) is 4.99. The highest BCUT2D eigenvalue weighted by Crippen LogP contribution is 2.52. The monoisotopic (exact) mass is 246 g/mol. The second kappa shape index (κ2) is 3.94. The fraction of sp³-hybridized carbons (Fsp3) is 0.111. The topological polar surface area (TPSA) is 12.5 Å². The zero-order valence-electron chi connectivity index (χ0n) is 10.5. The van der Waals surface area contributed by atoms with Gasteiger partial charge in [0.15, 0.2) is 0 Å². The van der Waals surface area contributed by atoms with Crippen LogP contribution in [0.2, 0.25) is 0 Å². The zero-order chi connectivity index (χ0) is 12.7. The molecule has 4 rings (SSSR count). The van der Waals surface area contributed by atoms with Gasteiger partial charge >= 0.3 is 0 Å². The first-order valence-electron chi connectivity index (χ1n) is 6.59. The van der Waals surface area contributed by atoms with Crippen molar-refractivity contribution in [1.82, 2.24) is 0 Å². The lowest BCUT2D eigenvalue weighted by Crippen LogP contribution is -2.11. The van der Waals surface area contributed by atoms with Crippen molar-refractivity contribution >= 4 is 0 Å². The number of fused-ring (bicyclic) bond motifs is 1. The van der Waals surface area contributed by atoms with Gasteiger partial charge in [-0.2, -0.15) is 0 Å². The summed E-state index contributed by atoms with van der Waals surface area (Å²) < 4.78 is 5.94. The molecule has 0 bridgehead atoms. The maximum atomic E-state index is 5.94. The molecule has 92 valence electrons. The summed E-state index contributed by atoms with van der Waals surface area (Å²) in [4.78, 5) is 0. The van der Waals surface area contributed by atoms with Gasteiger partial charge in [0.05, 0.1) is 0 Å². The number of allylic oxidation sites excluding steroid dienone is 2. The summed E-state index contributed by atoms with van der Waals surface area (Å²) in [5.41, 5.74) is 3.52. The molecule has 1 heterocycles. The molecule has 0 amide bonds. The van der Waals surface area contributed by atoms with Gasteiger partial charge in [0.2, 0.25) is 0 Å². The van der Waals surface area contributed by atoms with Crippen molar-refractivity contribution in [3.05, 3.63) is 84.5 Å². The van der Waals surface area contributed by atoms with Gasteiger partial charge in [0.25, 0.3) is 0 Å². The summed E-state index contributed by atoms with van der Waals surface area (Å²) in [5.74, 6) is 0. The highest BCUT2D eigenvalue weighted by molar-refractivity contribution is 5.70. The molecule has 2 atom stereocenters. The van der Waals surface area contributed by atoms with Crippen molar-refractivity contribution in [3.63, 3.8) is 0 Å². The lowest BCUT2D eigenvalue weighted by Gasteiger charge is -2.15. The first-order valence-corrected chi connectivity index (χ1v) is 6.59. The van der Waals surface area contributed by atoms with Crippen LogP contribution in [0, 0.1) is 0 Å². The number of epoxide rings is 1. The van der Waals surface area contributed by atoms with E-state index in [9.17, 15) is 0 Å². The van der Waals surface area contributed by atoms with Crippen molar-refractivity contribution < 1.29 is 4.74 Å². The molecule has 1 heteroatoms. The van der Waals surface area contributed by atoms with Gasteiger partial charge in [-0.1, -0.05) is 72.8 Å². The van der Waals surface area contributed by atoms with E-state index in [1.807, 2.05) is 6.07 Å². The Balaban J connectivity index is 1.87. The summed E-state index contributed by atoms with van der Waals surface area (Å²) in [6.07, 6.45) is 8.62. The molecular formula is C18H14O. The van der Waals surface area contributed by atoms with Crippen molar-refractivity contribution in [3.8, 4) is 11.1 Å². The van der Waals surface area contributed by atoms with Gasteiger partial charge in [-0.15, -0.1) is 0 Å². The minimum absolute atomic E-state index is 0.197. The van der Waals surface area contributed by atoms with Crippen molar-refractivity contribution in [1.29, 1.82) is 0 Å². The van der Waals surface area contributed by atoms with E-state index in [4.69, 9.17) is 4.74 Å². The molecule has 1 aliphatic carbocycles. The molecule has 19 heavy (non-hydrogen) atoms. The fourth-order valence-corrected chi connectivity index (χ4v) is 2.86. The Labute approximate surface area is 112 Å². The van der Waals surface area contributed by atoms with Crippen LogP contribution >= 0.6 is 0 Å². The first kappa shape index (κ1) is 10.8. The van der Waals surface area contributed by atoms with E-state index in [2.05, 4.69) is 72.8 Å². The molecule has 2 unspecified atom stereocenters. The van der Waals surface area contributed by atoms with Gasteiger partial charge in [-0.05, 0) is 22.8 Å². The van der Waals surface area contributed by atoms with Gasteiger partial charge in [0.1, 0.15) is 11.7 Å². The number of benzene rings is 2. The Bertz CT molecular complexity index is 669. The van der Waals surface area contributed by atoms with Gasteiger partial charge in [-0.25, -0.2) is 0 Å². The van der Waals surface area contributed by atoms with Crippen LogP contribution in [0.4, 0.5) is 0 Å². The summed E-state index contributed by atoms with van der Waals surface area (Å²) in [5, 5.41) is 0. The van der Waals surface area contributed by atoms with Crippen molar-refractivity contribution in [2.24, 2.45) is 0 Å². The molecule has 1 aliphatic heterocycles. The molecular weight excluding hydrogens is 232 g/mol. The molecule has 0 radical (unpaired) electrons. The zero-order valence-corrected chi connectivity index (χ0v) is 10.5. The molecule has 0 N–H and O–H groups in total. The van der Waals surface area contributed by atoms with Gasteiger partial charge < -0.3 is 4.74 Å². The quantitative estimate of drug-likeness (QED) is 0.727. The Morgan fingerprint density at radius 3 is 2.47 bits per heavy atom. The van der Waals surface area contributed by atoms with Crippen LogP contribution in [-0.4, -0.2) is 6.10 Å². The minimum Gasteiger partial charge on any atom is -0.352 e. The highest BCUT2D eigenvalue weighted by Gasteiger charge is 2.56. The van der Waals surface area contributed by atoms with Crippen molar-refractivity contribution in [2.75, 3.05) is 0 Å². The van der Waals surface area contributed by atoms with E-state index in [-0.39, 0.29) is 11.7 Å². The molecule has 1 fully saturated rings. The fourth-order valence-electron chi connectivity index (χ4n) is 2.86. The highest BCUT2D eigenvalue weighted by atomic mass is 16.6. The van der Waals surface area contributed by atoms with Crippen LogP contribution < -0.4 is 0 Å². The summed E-state index contributed by atoms with van der Waals surface area (Å²) in [6.45, 7) is 0. The summed E-state index contributed by atoms with van der Waals surface area (Å²) >= 11 is 0. The van der Waals surface area contributed by atoms with E-state index in [0.29, 0.717) is 0 Å². The van der Waals surface area contributed by atoms with Crippen LogP contribution in [-0.2, 0) is 10.3 Å². The maximum absolute atomic E-state index is 5.94. The molecule has 1 nitrogen and oxygen atoms in total. The molecule has 2 aromatic rings. The number of rotatable bonds is 2. The van der Waals surface area contributed by atoms with Gasteiger partial charge in [-0.3, -0.25) is 0 Å². The number of ether oxygens (including phenoxy) is 1. The summed E-state index contributed by atoms with van der Waals surface area (Å²) in [6, 6.07) is 19.0. The normalized spacial score (nSPS) is 27.1. The van der Waals surface area contributed by atoms with E-state index in [1.165, 1.54) is 16.7 Å². The largest absolute Gasteiger partial charge is 0.352 e. The average molecular weight is 246 g/mol. The SMILES string of the molecule is C1=CC2OC2(c2ccccc2-c2ccccc2)C=C1. The third-order valence-electron chi connectivity index (χ3n) is 3.86. The van der Waals surface area contributed by atoms with Crippen LogP contribution in [0.25, 0.3) is 11.1 Å². The van der Waals surface area contributed by atoms with Crippen LogP contribution in [0.1, 0.15) is 5.56 Å². The molecule has 2 aliphatic rings. The summed E-state index contributed by atoms with van der Waals surface area (Å²) in [7, 11) is 0. The number of hydrogen-bond donors (Lipinski definition) is 0. The Morgan fingerprint density at radius 2 is 1.63 bits per heavy atom. The lowest BCUT2D eigenvalue weighted by molar-refractivity contribution is 0.346. The third kappa shape index (κ3) is 1.59. The lowest BCUT2D eigenvalue weighted by atomic mass is 9.86. The van der Waals surface area contributed by atoms with Crippen molar-refractivity contribution in [2.45, 2.75) is 11.7 Å². The smallest absolute Gasteiger partial charge is 0.143 e. The van der Waals surface area contributed by atoms with E-state index in [0.717, 1.165) is 0 Å². The maximum Gasteiger partial charge on any atom is 0.143 e. The molecule has 0 spiro atoms. The van der Waals surface area contributed by atoms with Crippen LogP contribution in [0.5, 0.6) is 0 Å². The standard InChI is InChI=1S/C18H14O/c1-2-8-14(9-3-1)15-10-4-5-11-16(15)18-13-7-6-12-17(18)19-18/h1-13,17H. The number of hydrogen-bond acceptors (Lipinski definition) is 1.